The van der Waals surface area contributed by atoms with Crippen molar-refractivity contribution >= 4 is 0 Å². The Morgan fingerprint density at radius 3 is 2.71 bits per heavy atom. The van der Waals surface area contributed by atoms with Crippen LogP contribution in [0, 0.1) is 11.8 Å². The van der Waals surface area contributed by atoms with Gasteiger partial charge in [0.2, 0.25) is 0 Å². The smallest absolute Gasteiger partial charge is 0.0714 e. The zero-order chi connectivity index (χ0) is 12.7. The van der Waals surface area contributed by atoms with Crippen molar-refractivity contribution in [1.82, 2.24) is 4.90 Å². The van der Waals surface area contributed by atoms with Gasteiger partial charge in [-0.1, -0.05) is 34.1 Å². The van der Waals surface area contributed by atoms with Gasteiger partial charge < -0.3 is 9.64 Å². The number of likely N-dealkylation sites (tertiary alicyclic amines) is 1. The van der Waals surface area contributed by atoms with Crippen LogP contribution < -0.4 is 0 Å². The van der Waals surface area contributed by atoms with E-state index < -0.39 is 0 Å². The lowest BCUT2D eigenvalue weighted by atomic mass is 10.1. The van der Waals surface area contributed by atoms with E-state index in [2.05, 4.69) is 32.6 Å². The number of hydrogen-bond acceptors (Lipinski definition) is 2. The molecule has 2 atom stereocenters. The van der Waals surface area contributed by atoms with Gasteiger partial charge in [0.05, 0.1) is 6.10 Å². The summed E-state index contributed by atoms with van der Waals surface area (Å²) in [6, 6.07) is 0. The highest BCUT2D eigenvalue weighted by Gasteiger charge is 2.23. The third kappa shape index (κ3) is 6.42. The lowest BCUT2D eigenvalue weighted by Crippen LogP contribution is -2.28. The second kappa shape index (κ2) is 8.10. The minimum atomic E-state index is 0.506. The van der Waals surface area contributed by atoms with E-state index in [1.807, 2.05) is 0 Å². The summed E-state index contributed by atoms with van der Waals surface area (Å²) in [5, 5.41) is 0. The SMILES string of the molecule is CCC(C)CN1CC[C@@H](OCCCC(C)C)C1. The maximum absolute atomic E-state index is 5.96. The Morgan fingerprint density at radius 1 is 1.29 bits per heavy atom. The molecule has 102 valence electrons. The molecule has 1 fully saturated rings. The highest BCUT2D eigenvalue weighted by molar-refractivity contribution is 4.77. The lowest BCUT2D eigenvalue weighted by molar-refractivity contribution is 0.0542. The van der Waals surface area contributed by atoms with Gasteiger partial charge in [0.25, 0.3) is 0 Å². The molecule has 1 aliphatic rings. The summed E-state index contributed by atoms with van der Waals surface area (Å²) < 4.78 is 5.96. The monoisotopic (exact) mass is 241 g/mol. The van der Waals surface area contributed by atoms with E-state index in [0.717, 1.165) is 25.0 Å². The van der Waals surface area contributed by atoms with Crippen LogP contribution in [-0.2, 0) is 4.74 Å². The number of nitrogens with zero attached hydrogens (tertiary/aromatic N) is 1. The van der Waals surface area contributed by atoms with E-state index >= 15 is 0 Å². The first kappa shape index (κ1) is 15.0. The van der Waals surface area contributed by atoms with Crippen molar-refractivity contribution < 1.29 is 4.74 Å². The molecular formula is C15H31NO. The summed E-state index contributed by atoms with van der Waals surface area (Å²) >= 11 is 0. The average Bonchev–Trinajstić information content (AvgIpc) is 2.72. The van der Waals surface area contributed by atoms with Crippen LogP contribution in [0.15, 0.2) is 0 Å². The van der Waals surface area contributed by atoms with Gasteiger partial charge in [-0.15, -0.1) is 0 Å². The van der Waals surface area contributed by atoms with Crippen molar-refractivity contribution in [3.05, 3.63) is 0 Å². The van der Waals surface area contributed by atoms with Crippen LogP contribution in [0.5, 0.6) is 0 Å². The average molecular weight is 241 g/mol. The van der Waals surface area contributed by atoms with E-state index in [0.29, 0.717) is 6.10 Å². The summed E-state index contributed by atoms with van der Waals surface area (Å²) in [5.41, 5.74) is 0. The standard InChI is InChI=1S/C15H31NO/c1-5-14(4)11-16-9-8-15(12-16)17-10-6-7-13(2)3/h13-15H,5-12H2,1-4H3/t14?,15-/m1/s1. The van der Waals surface area contributed by atoms with Crippen LogP contribution >= 0.6 is 0 Å². The fraction of sp³-hybridized carbons (Fsp3) is 1.00. The van der Waals surface area contributed by atoms with Crippen molar-refractivity contribution in [1.29, 1.82) is 0 Å². The normalized spacial score (nSPS) is 23.5. The Morgan fingerprint density at radius 2 is 2.06 bits per heavy atom. The second-order valence-electron chi connectivity index (χ2n) is 6.09. The summed E-state index contributed by atoms with van der Waals surface area (Å²) in [5.74, 6) is 1.64. The van der Waals surface area contributed by atoms with E-state index in [-0.39, 0.29) is 0 Å². The van der Waals surface area contributed by atoms with Crippen molar-refractivity contribution in [2.45, 2.75) is 59.5 Å². The van der Waals surface area contributed by atoms with E-state index in [9.17, 15) is 0 Å². The highest BCUT2D eigenvalue weighted by atomic mass is 16.5. The van der Waals surface area contributed by atoms with Crippen LogP contribution in [0.25, 0.3) is 0 Å². The Hall–Kier alpha value is -0.0800. The minimum Gasteiger partial charge on any atom is -0.377 e. The zero-order valence-corrected chi connectivity index (χ0v) is 12.2. The van der Waals surface area contributed by atoms with Gasteiger partial charge in [-0.25, -0.2) is 0 Å². The molecule has 2 heteroatoms. The minimum absolute atomic E-state index is 0.506. The molecule has 0 aliphatic carbocycles. The molecule has 0 N–H and O–H groups in total. The molecule has 1 rings (SSSR count). The molecule has 0 amide bonds. The second-order valence-corrected chi connectivity index (χ2v) is 6.09. The first-order valence-electron chi connectivity index (χ1n) is 7.45. The predicted octanol–water partition coefficient (Wildman–Crippen LogP) is 3.56. The third-order valence-electron chi connectivity index (χ3n) is 3.78. The quantitative estimate of drug-likeness (QED) is 0.602. The largest absolute Gasteiger partial charge is 0.377 e. The molecule has 0 aromatic rings. The molecular weight excluding hydrogens is 210 g/mol. The number of rotatable bonds is 8. The van der Waals surface area contributed by atoms with Crippen molar-refractivity contribution in [3.63, 3.8) is 0 Å². The Kier molecular flexibility index (Phi) is 7.14. The summed E-state index contributed by atoms with van der Waals surface area (Å²) in [6.45, 7) is 13.8. The Balaban J connectivity index is 2.05. The topological polar surface area (TPSA) is 12.5 Å². The number of hydrogen-bond donors (Lipinski definition) is 0. The predicted molar refractivity (Wildman–Crippen MR) is 74.3 cm³/mol. The van der Waals surface area contributed by atoms with Gasteiger partial charge in [0, 0.05) is 26.2 Å². The molecule has 1 saturated heterocycles. The van der Waals surface area contributed by atoms with Gasteiger partial charge in [-0.05, 0) is 31.1 Å². The van der Waals surface area contributed by atoms with E-state index in [1.54, 1.807) is 0 Å². The van der Waals surface area contributed by atoms with Crippen LogP contribution in [-0.4, -0.2) is 37.2 Å². The molecule has 0 spiro atoms. The maximum atomic E-state index is 5.96. The molecule has 2 nitrogen and oxygen atoms in total. The molecule has 1 unspecified atom stereocenters. The zero-order valence-electron chi connectivity index (χ0n) is 12.2. The van der Waals surface area contributed by atoms with Crippen molar-refractivity contribution in [2.24, 2.45) is 11.8 Å². The highest BCUT2D eigenvalue weighted by Crippen LogP contribution is 2.16. The first-order valence-corrected chi connectivity index (χ1v) is 7.45. The fourth-order valence-electron chi connectivity index (χ4n) is 2.41. The first-order chi connectivity index (χ1) is 8.11. The summed E-state index contributed by atoms with van der Waals surface area (Å²) in [7, 11) is 0. The van der Waals surface area contributed by atoms with Gasteiger partial charge in [-0.2, -0.15) is 0 Å². The Bertz CT molecular complexity index is 193. The molecule has 0 bridgehead atoms. The molecule has 0 radical (unpaired) electrons. The van der Waals surface area contributed by atoms with Crippen molar-refractivity contribution in [2.75, 3.05) is 26.2 Å². The Labute approximate surface area is 108 Å². The van der Waals surface area contributed by atoms with Gasteiger partial charge in [0.15, 0.2) is 0 Å². The molecule has 17 heavy (non-hydrogen) atoms. The molecule has 0 aromatic heterocycles. The summed E-state index contributed by atoms with van der Waals surface area (Å²) in [4.78, 5) is 2.57. The van der Waals surface area contributed by atoms with Crippen LogP contribution in [0.1, 0.15) is 53.4 Å². The van der Waals surface area contributed by atoms with Crippen molar-refractivity contribution in [3.8, 4) is 0 Å². The number of ether oxygens (including phenoxy) is 1. The van der Waals surface area contributed by atoms with E-state index in [4.69, 9.17) is 4.74 Å². The molecule has 0 aromatic carbocycles. The van der Waals surface area contributed by atoms with Gasteiger partial charge in [-0.3, -0.25) is 0 Å². The lowest BCUT2D eigenvalue weighted by Gasteiger charge is -2.19. The van der Waals surface area contributed by atoms with Gasteiger partial charge in [0.1, 0.15) is 0 Å². The summed E-state index contributed by atoms with van der Waals surface area (Å²) in [6.07, 6.45) is 5.54. The maximum Gasteiger partial charge on any atom is 0.0714 e. The van der Waals surface area contributed by atoms with E-state index in [1.165, 1.54) is 38.8 Å². The van der Waals surface area contributed by atoms with Crippen LogP contribution in [0.3, 0.4) is 0 Å². The molecule has 0 saturated carbocycles. The molecule has 1 heterocycles. The van der Waals surface area contributed by atoms with Gasteiger partial charge >= 0.3 is 0 Å². The fourth-order valence-corrected chi connectivity index (χ4v) is 2.41. The van der Waals surface area contributed by atoms with Crippen LogP contribution in [0.4, 0.5) is 0 Å². The molecule has 1 aliphatic heterocycles. The van der Waals surface area contributed by atoms with Crippen LogP contribution in [0.2, 0.25) is 0 Å². The third-order valence-corrected chi connectivity index (χ3v) is 3.78.